The van der Waals surface area contributed by atoms with E-state index >= 15 is 0 Å². The Kier molecular flexibility index (Phi) is 5.67. The van der Waals surface area contributed by atoms with Gasteiger partial charge in [0.15, 0.2) is 0 Å². The molecule has 0 unspecified atom stereocenters. The van der Waals surface area contributed by atoms with Crippen molar-refractivity contribution in [3.63, 3.8) is 0 Å². The second kappa shape index (κ2) is 7.98. The summed E-state index contributed by atoms with van der Waals surface area (Å²) >= 11 is 0. The molecule has 1 fully saturated rings. The summed E-state index contributed by atoms with van der Waals surface area (Å²) in [5.41, 5.74) is 0.717. The van der Waals surface area contributed by atoms with E-state index < -0.39 is 16.1 Å². The monoisotopic (exact) mass is 390 g/mol. The first kappa shape index (κ1) is 19.2. The lowest BCUT2D eigenvalue weighted by Gasteiger charge is -2.18. The number of anilines is 1. The van der Waals surface area contributed by atoms with Gasteiger partial charge in [-0.2, -0.15) is 0 Å². The van der Waals surface area contributed by atoms with Gasteiger partial charge in [0, 0.05) is 24.7 Å². The molecule has 3 rings (SSSR count). The Labute approximate surface area is 158 Å². The second-order valence-corrected chi connectivity index (χ2v) is 7.84. The van der Waals surface area contributed by atoms with Crippen molar-refractivity contribution < 1.29 is 22.7 Å². The predicted molar refractivity (Wildman–Crippen MR) is 102 cm³/mol. The highest BCUT2D eigenvalue weighted by Gasteiger charge is 2.33. The fourth-order valence-corrected chi connectivity index (χ4v) is 4.19. The molecule has 1 amide bonds. The number of carbonyl (C=O) groups excluding carboxylic acids is 1. The molecule has 1 heterocycles. The van der Waals surface area contributed by atoms with Gasteiger partial charge < -0.3 is 14.4 Å². The number of carbonyl (C=O) groups is 1. The summed E-state index contributed by atoms with van der Waals surface area (Å²) in [7, 11) is -2.20. The van der Waals surface area contributed by atoms with Gasteiger partial charge in [-0.1, -0.05) is 0 Å². The Hall–Kier alpha value is -2.58. The molecule has 1 N–H and O–H groups in total. The van der Waals surface area contributed by atoms with E-state index in [0.717, 1.165) is 11.4 Å². The van der Waals surface area contributed by atoms with Crippen LogP contribution >= 0.6 is 0 Å². The molecule has 144 valence electrons. The van der Waals surface area contributed by atoms with Crippen LogP contribution in [0.15, 0.2) is 53.4 Å². The molecule has 8 heteroatoms. The van der Waals surface area contributed by atoms with Gasteiger partial charge in [0.05, 0.1) is 18.6 Å². The minimum atomic E-state index is -3.72. The van der Waals surface area contributed by atoms with E-state index in [9.17, 15) is 13.2 Å². The average Bonchev–Trinajstić information content (AvgIpc) is 3.02. The van der Waals surface area contributed by atoms with Crippen LogP contribution in [0, 0.1) is 0 Å². The number of amides is 1. The maximum atomic E-state index is 12.6. The molecule has 0 aliphatic carbocycles. The molecule has 2 aromatic carbocycles. The van der Waals surface area contributed by atoms with Crippen molar-refractivity contribution in [3.05, 3.63) is 48.5 Å². The zero-order chi connectivity index (χ0) is 19.4. The first-order valence-electron chi connectivity index (χ1n) is 8.62. The van der Waals surface area contributed by atoms with Crippen LogP contribution < -0.4 is 19.1 Å². The maximum Gasteiger partial charge on any atom is 0.240 e. The largest absolute Gasteiger partial charge is 0.497 e. The second-order valence-electron chi connectivity index (χ2n) is 6.13. The first-order valence-corrected chi connectivity index (χ1v) is 10.1. The quantitative estimate of drug-likeness (QED) is 0.783. The average molecular weight is 390 g/mol. The summed E-state index contributed by atoms with van der Waals surface area (Å²) in [6.45, 7) is 2.75. The molecule has 1 aliphatic heterocycles. The van der Waals surface area contributed by atoms with Crippen LogP contribution in [-0.2, 0) is 14.8 Å². The lowest BCUT2D eigenvalue weighted by Crippen LogP contribution is -2.37. The summed E-state index contributed by atoms with van der Waals surface area (Å²) in [5, 5.41) is 0. The molecule has 1 atom stereocenters. The van der Waals surface area contributed by atoms with Crippen molar-refractivity contribution in [3.8, 4) is 11.5 Å². The minimum Gasteiger partial charge on any atom is -0.497 e. The molecular weight excluding hydrogens is 368 g/mol. The van der Waals surface area contributed by atoms with Crippen LogP contribution in [0.3, 0.4) is 0 Å². The van der Waals surface area contributed by atoms with Crippen molar-refractivity contribution in [2.75, 3.05) is 25.2 Å². The molecule has 27 heavy (non-hydrogen) atoms. The van der Waals surface area contributed by atoms with Gasteiger partial charge in [0.1, 0.15) is 11.5 Å². The van der Waals surface area contributed by atoms with E-state index in [1.54, 1.807) is 41.3 Å². The summed E-state index contributed by atoms with van der Waals surface area (Å²) in [4.78, 5) is 14.1. The Bertz CT molecular complexity index is 895. The third-order valence-corrected chi connectivity index (χ3v) is 5.81. The molecular formula is C19H22N2O5S. The van der Waals surface area contributed by atoms with Gasteiger partial charge in [-0.25, -0.2) is 13.1 Å². The Morgan fingerprint density at radius 2 is 1.70 bits per heavy atom. The van der Waals surface area contributed by atoms with E-state index in [-0.39, 0.29) is 23.8 Å². The standard InChI is InChI=1S/C19H22N2O5S/c1-3-26-17-6-4-15(5-7-17)21-13-14(12-19(21)22)20-27(23,24)18-10-8-16(25-2)9-11-18/h4-11,14,20H,3,12-13H2,1-2H3/t14-/m1/s1. The highest BCUT2D eigenvalue weighted by molar-refractivity contribution is 7.89. The van der Waals surface area contributed by atoms with Crippen LogP contribution in [0.1, 0.15) is 13.3 Å². The topological polar surface area (TPSA) is 84.9 Å². The highest BCUT2D eigenvalue weighted by Crippen LogP contribution is 2.25. The molecule has 0 radical (unpaired) electrons. The summed E-state index contributed by atoms with van der Waals surface area (Å²) in [6.07, 6.45) is 0.114. The third kappa shape index (κ3) is 4.40. The van der Waals surface area contributed by atoms with E-state index in [2.05, 4.69) is 4.72 Å². The third-order valence-electron chi connectivity index (χ3n) is 4.28. The Morgan fingerprint density at radius 1 is 1.07 bits per heavy atom. The van der Waals surface area contributed by atoms with E-state index in [4.69, 9.17) is 9.47 Å². The summed E-state index contributed by atoms with van der Waals surface area (Å²) < 4.78 is 38.2. The number of hydrogen-bond donors (Lipinski definition) is 1. The lowest BCUT2D eigenvalue weighted by atomic mass is 10.3. The predicted octanol–water partition coefficient (Wildman–Crippen LogP) is 2.18. The molecule has 0 saturated carbocycles. The summed E-state index contributed by atoms with van der Waals surface area (Å²) in [5.74, 6) is 1.18. The fraction of sp³-hybridized carbons (Fsp3) is 0.316. The van der Waals surface area contributed by atoms with Crippen molar-refractivity contribution in [1.29, 1.82) is 0 Å². The Balaban J connectivity index is 1.69. The van der Waals surface area contributed by atoms with Gasteiger partial charge in [0.25, 0.3) is 0 Å². The van der Waals surface area contributed by atoms with E-state index in [1.165, 1.54) is 19.2 Å². The van der Waals surface area contributed by atoms with Crippen molar-refractivity contribution in [2.45, 2.75) is 24.3 Å². The fourth-order valence-electron chi connectivity index (χ4n) is 2.97. The van der Waals surface area contributed by atoms with Crippen LogP contribution in [0.4, 0.5) is 5.69 Å². The number of sulfonamides is 1. The van der Waals surface area contributed by atoms with E-state index in [1.807, 2.05) is 6.92 Å². The normalized spacial score (nSPS) is 17.2. The molecule has 0 bridgehead atoms. The zero-order valence-electron chi connectivity index (χ0n) is 15.2. The smallest absolute Gasteiger partial charge is 0.240 e. The lowest BCUT2D eigenvalue weighted by molar-refractivity contribution is -0.117. The number of ether oxygens (including phenoxy) is 2. The number of methoxy groups -OCH3 is 1. The van der Waals surface area contributed by atoms with Crippen LogP contribution in [-0.4, -0.2) is 40.6 Å². The molecule has 0 aromatic heterocycles. The SMILES string of the molecule is CCOc1ccc(N2C[C@H](NS(=O)(=O)c3ccc(OC)cc3)CC2=O)cc1. The van der Waals surface area contributed by atoms with Crippen LogP contribution in [0.5, 0.6) is 11.5 Å². The van der Waals surface area contributed by atoms with Gasteiger partial charge in [-0.05, 0) is 55.5 Å². The number of hydrogen-bond acceptors (Lipinski definition) is 5. The van der Waals surface area contributed by atoms with Crippen LogP contribution in [0.25, 0.3) is 0 Å². The number of nitrogens with one attached hydrogen (secondary N) is 1. The number of benzene rings is 2. The first-order chi connectivity index (χ1) is 12.9. The maximum absolute atomic E-state index is 12.6. The minimum absolute atomic E-state index is 0.114. The number of rotatable bonds is 7. The van der Waals surface area contributed by atoms with Gasteiger partial charge in [0.2, 0.25) is 15.9 Å². The van der Waals surface area contributed by atoms with Gasteiger partial charge in [-0.3, -0.25) is 4.79 Å². The molecule has 1 aliphatic rings. The van der Waals surface area contributed by atoms with Gasteiger partial charge >= 0.3 is 0 Å². The van der Waals surface area contributed by atoms with Gasteiger partial charge in [-0.15, -0.1) is 0 Å². The highest BCUT2D eigenvalue weighted by atomic mass is 32.2. The molecule has 1 saturated heterocycles. The Morgan fingerprint density at radius 3 is 2.30 bits per heavy atom. The molecule has 0 spiro atoms. The van der Waals surface area contributed by atoms with Crippen molar-refractivity contribution >= 4 is 21.6 Å². The molecule has 7 nitrogen and oxygen atoms in total. The number of nitrogens with zero attached hydrogens (tertiary/aromatic N) is 1. The summed E-state index contributed by atoms with van der Waals surface area (Å²) in [6, 6.07) is 12.8. The van der Waals surface area contributed by atoms with Crippen molar-refractivity contribution in [2.24, 2.45) is 0 Å². The zero-order valence-corrected chi connectivity index (χ0v) is 16.0. The molecule has 2 aromatic rings. The van der Waals surface area contributed by atoms with Crippen LogP contribution in [0.2, 0.25) is 0 Å². The van der Waals surface area contributed by atoms with E-state index in [0.29, 0.717) is 12.4 Å². The van der Waals surface area contributed by atoms with Crippen molar-refractivity contribution in [1.82, 2.24) is 4.72 Å².